The molecule has 0 N–H and O–H groups in total. The third-order valence-electron chi connectivity index (χ3n) is 3.05. The quantitative estimate of drug-likeness (QED) is 0.683. The number of fused-ring (bicyclic) bond motifs is 1. The highest BCUT2D eigenvalue weighted by Crippen LogP contribution is 2.22. The van der Waals surface area contributed by atoms with Crippen molar-refractivity contribution in [2.45, 2.75) is 6.92 Å². The van der Waals surface area contributed by atoms with Crippen LogP contribution in [0, 0.1) is 0 Å². The summed E-state index contributed by atoms with van der Waals surface area (Å²) in [7, 11) is 0. The number of rotatable bonds is 3. The first-order chi connectivity index (χ1) is 10.2. The van der Waals surface area contributed by atoms with Crippen LogP contribution in [0.5, 0.6) is 0 Å². The van der Waals surface area contributed by atoms with Crippen molar-refractivity contribution in [3.05, 3.63) is 52.9 Å². The number of esters is 1. The summed E-state index contributed by atoms with van der Waals surface area (Å²) in [6.45, 7) is 2.16. The fraction of sp³-hybridized carbons (Fsp3) is 0.133. The van der Waals surface area contributed by atoms with E-state index in [2.05, 4.69) is 26.0 Å². The Labute approximate surface area is 129 Å². The van der Waals surface area contributed by atoms with E-state index >= 15 is 0 Å². The summed E-state index contributed by atoms with van der Waals surface area (Å²) in [5, 5.41) is 4.32. The van der Waals surface area contributed by atoms with Gasteiger partial charge in [-0.1, -0.05) is 12.1 Å². The van der Waals surface area contributed by atoms with Crippen LogP contribution in [-0.4, -0.2) is 27.2 Å². The van der Waals surface area contributed by atoms with E-state index in [9.17, 15) is 4.79 Å². The van der Waals surface area contributed by atoms with Gasteiger partial charge in [-0.3, -0.25) is 0 Å². The van der Waals surface area contributed by atoms with Gasteiger partial charge >= 0.3 is 5.97 Å². The summed E-state index contributed by atoms with van der Waals surface area (Å²) >= 11 is 3.37. The van der Waals surface area contributed by atoms with Gasteiger partial charge in [0.05, 0.1) is 24.6 Å². The Hall–Kier alpha value is -2.21. The third kappa shape index (κ3) is 2.67. The van der Waals surface area contributed by atoms with Gasteiger partial charge in [-0.05, 0) is 46.6 Å². The number of carbonyl (C=O) groups is 1. The van der Waals surface area contributed by atoms with Crippen LogP contribution in [0.15, 0.2) is 47.3 Å². The van der Waals surface area contributed by atoms with E-state index in [1.807, 2.05) is 18.2 Å². The molecule has 0 saturated heterocycles. The Balaban J connectivity index is 1.93. The average Bonchev–Trinajstić information content (AvgIpc) is 2.88. The van der Waals surface area contributed by atoms with Crippen LogP contribution in [0.1, 0.15) is 17.3 Å². The summed E-state index contributed by atoms with van der Waals surface area (Å²) in [4.78, 5) is 15.9. The van der Waals surface area contributed by atoms with Crippen molar-refractivity contribution in [1.29, 1.82) is 0 Å². The highest BCUT2D eigenvalue weighted by atomic mass is 79.9. The molecule has 0 amide bonds. The fourth-order valence-electron chi connectivity index (χ4n) is 2.02. The van der Waals surface area contributed by atoms with Gasteiger partial charge in [0.2, 0.25) is 0 Å². The lowest BCUT2D eigenvalue weighted by atomic mass is 10.1. The lowest BCUT2D eigenvalue weighted by Crippen LogP contribution is -2.04. The second kappa shape index (κ2) is 5.65. The van der Waals surface area contributed by atoms with Gasteiger partial charge < -0.3 is 4.74 Å². The van der Waals surface area contributed by atoms with Gasteiger partial charge in [0.1, 0.15) is 4.60 Å². The van der Waals surface area contributed by atoms with E-state index in [1.165, 1.54) is 0 Å². The van der Waals surface area contributed by atoms with E-state index in [4.69, 9.17) is 4.74 Å². The average molecular weight is 346 g/mol. The molecule has 0 aliphatic carbocycles. The summed E-state index contributed by atoms with van der Waals surface area (Å²) in [5.74, 6) is -0.310. The van der Waals surface area contributed by atoms with Crippen LogP contribution in [0.3, 0.4) is 0 Å². The Morgan fingerprint density at radius 1 is 1.24 bits per heavy atom. The molecule has 0 aliphatic heterocycles. The topological polar surface area (TPSA) is 56.5 Å². The first kappa shape index (κ1) is 13.8. The molecular formula is C15H12BrN3O2. The number of halogens is 1. The molecule has 0 bridgehead atoms. The predicted octanol–water partition coefficient (Wildman–Crippen LogP) is 3.34. The van der Waals surface area contributed by atoms with Crippen LogP contribution >= 0.6 is 15.9 Å². The number of ether oxygens (including phenoxy) is 1. The lowest BCUT2D eigenvalue weighted by Gasteiger charge is -2.04. The largest absolute Gasteiger partial charge is 0.462 e. The molecule has 0 saturated carbocycles. The van der Waals surface area contributed by atoms with E-state index in [0.29, 0.717) is 12.2 Å². The van der Waals surface area contributed by atoms with Gasteiger partial charge in [-0.15, -0.1) is 0 Å². The normalized spacial score (nSPS) is 10.8. The van der Waals surface area contributed by atoms with Gasteiger partial charge in [-0.25, -0.2) is 14.3 Å². The summed E-state index contributed by atoms with van der Waals surface area (Å²) in [6, 6.07) is 9.19. The molecule has 106 valence electrons. The molecule has 2 heterocycles. The maximum atomic E-state index is 11.6. The molecule has 1 aromatic carbocycles. The SMILES string of the molecule is CCOC(=O)c1ccc(-c2cnn3c(Br)cnc3c2)cc1. The van der Waals surface area contributed by atoms with Gasteiger partial charge in [0.15, 0.2) is 5.65 Å². The number of hydrogen-bond acceptors (Lipinski definition) is 4. The van der Waals surface area contributed by atoms with Crippen molar-refractivity contribution >= 4 is 27.5 Å². The molecule has 0 fully saturated rings. The Morgan fingerprint density at radius 3 is 2.71 bits per heavy atom. The molecule has 3 aromatic rings. The second-order valence-corrected chi connectivity index (χ2v) is 5.21. The van der Waals surface area contributed by atoms with Gasteiger partial charge in [0, 0.05) is 5.56 Å². The van der Waals surface area contributed by atoms with Crippen molar-refractivity contribution in [1.82, 2.24) is 14.6 Å². The zero-order valence-corrected chi connectivity index (χ0v) is 12.9. The molecule has 21 heavy (non-hydrogen) atoms. The van der Waals surface area contributed by atoms with Crippen LogP contribution in [0.2, 0.25) is 0 Å². The molecular weight excluding hydrogens is 334 g/mol. The summed E-state index contributed by atoms with van der Waals surface area (Å²) in [5.41, 5.74) is 3.21. The van der Waals surface area contributed by atoms with Crippen LogP contribution < -0.4 is 0 Å². The predicted molar refractivity (Wildman–Crippen MR) is 82.1 cm³/mol. The number of imidazole rings is 1. The van der Waals surface area contributed by atoms with E-state index < -0.39 is 0 Å². The minimum absolute atomic E-state index is 0.310. The standard InChI is InChI=1S/C15H12BrN3O2/c1-2-21-15(20)11-5-3-10(4-6-11)12-7-14-17-9-13(16)19(14)18-8-12/h3-9H,2H2,1H3. The van der Waals surface area contributed by atoms with E-state index in [-0.39, 0.29) is 5.97 Å². The Bertz CT molecular complexity index is 796. The molecule has 0 unspecified atom stereocenters. The fourth-order valence-corrected chi connectivity index (χ4v) is 2.39. The number of nitrogens with zero attached hydrogens (tertiary/aromatic N) is 3. The van der Waals surface area contributed by atoms with Crippen LogP contribution in [0.4, 0.5) is 0 Å². The van der Waals surface area contributed by atoms with Gasteiger partial charge in [0.25, 0.3) is 0 Å². The lowest BCUT2D eigenvalue weighted by molar-refractivity contribution is 0.0526. The van der Waals surface area contributed by atoms with Crippen molar-refractivity contribution in [2.24, 2.45) is 0 Å². The van der Waals surface area contributed by atoms with Crippen molar-refractivity contribution in [3.63, 3.8) is 0 Å². The van der Waals surface area contributed by atoms with E-state index in [0.717, 1.165) is 21.4 Å². The molecule has 0 spiro atoms. The Kier molecular flexibility index (Phi) is 3.70. The third-order valence-corrected chi connectivity index (χ3v) is 3.59. The molecule has 2 aromatic heterocycles. The number of hydrogen-bond donors (Lipinski definition) is 0. The highest BCUT2D eigenvalue weighted by Gasteiger charge is 2.08. The van der Waals surface area contributed by atoms with E-state index in [1.54, 1.807) is 36.0 Å². The summed E-state index contributed by atoms with van der Waals surface area (Å²) < 4.78 is 7.48. The van der Waals surface area contributed by atoms with Crippen molar-refractivity contribution in [2.75, 3.05) is 6.61 Å². The monoisotopic (exact) mass is 345 g/mol. The second-order valence-electron chi connectivity index (χ2n) is 4.39. The molecule has 5 nitrogen and oxygen atoms in total. The Morgan fingerprint density at radius 2 is 2.00 bits per heavy atom. The minimum Gasteiger partial charge on any atom is -0.462 e. The minimum atomic E-state index is -0.310. The molecule has 0 aliphatic rings. The van der Waals surface area contributed by atoms with Crippen molar-refractivity contribution in [3.8, 4) is 11.1 Å². The first-order valence-electron chi connectivity index (χ1n) is 6.46. The summed E-state index contributed by atoms with van der Waals surface area (Å²) in [6.07, 6.45) is 3.47. The first-order valence-corrected chi connectivity index (χ1v) is 7.25. The molecule has 3 rings (SSSR count). The molecule has 0 atom stereocenters. The maximum absolute atomic E-state index is 11.6. The van der Waals surface area contributed by atoms with Crippen LogP contribution in [0.25, 0.3) is 16.8 Å². The highest BCUT2D eigenvalue weighted by molar-refractivity contribution is 9.10. The number of aromatic nitrogens is 3. The zero-order valence-electron chi connectivity index (χ0n) is 11.3. The zero-order chi connectivity index (χ0) is 14.8. The smallest absolute Gasteiger partial charge is 0.338 e. The molecule has 0 radical (unpaired) electrons. The maximum Gasteiger partial charge on any atom is 0.338 e. The van der Waals surface area contributed by atoms with Crippen LogP contribution in [-0.2, 0) is 4.74 Å². The molecule has 6 heteroatoms. The number of carbonyl (C=O) groups excluding carboxylic acids is 1. The number of benzene rings is 1. The van der Waals surface area contributed by atoms with Crippen molar-refractivity contribution < 1.29 is 9.53 Å². The van der Waals surface area contributed by atoms with Gasteiger partial charge in [-0.2, -0.15) is 5.10 Å².